The van der Waals surface area contributed by atoms with Gasteiger partial charge in [0, 0.05) is 17.6 Å². The van der Waals surface area contributed by atoms with Crippen molar-refractivity contribution in [2.24, 2.45) is 0 Å². The summed E-state index contributed by atoms with van der Waals surface area (Å²) in [6, 6.07) is 6.38. The first-order valence-electron chi connectivity index (χ1n) is 7.67. The highest BCUT2D eigenvalue weighted by molar-refractivity contribution is 9.10. The standard InChI is InChI=1S/C17H28BrNO2/c1-6-17(7-2,21-5)16(19-8-3)12-13-11-14(20-4)9-10-15(13)18/h9-11,16,19H,6-8,12H2,1-5H3. The summed E-state index contributed by atoms with van der Waals surface area (Å²) in [4.78, 5) is 0. The van der Waals surface area contributed by atoms with Gasteiger partial charge in [0.1, 0.15) is 5.75 Å². The van der Waals surface area contributed by atoms with Gasteiger partial charge < -0.3 is 14.8 Å². The molecule has 3 nitrogen and oxygen atoms in total. The molecule has 120 valence electrons. The fraction of sp³-hybridized carbons (Fsp3) is 0.647. The molecule has 1 aromatic carbocycles. The first-order chi connectivity index (χ1) is 10.1. The molecule has 0 saturated carbocycles. The number of methoxy groups -OCH3 is 2. The fourth-order valence-corrected chi connectivity index (χ4v) is 3.33. The van der Waals surface area contributed by atoms with Crippen LogP contribution in [0.2, 0.25) is 0 Å². The minimum Gasteiger partial charge on any atom is -0.497 e. The van der Waals surface area contributed by atoms with Gasteiger partial charge in [0.05, 0.1) is 12.7 Å². The molecular weight excluding hydrogens is 330 g/mol. The molecular formula is C17H28BrNO2. The number of likely N-dealkylation sites (N-methyl/N-ethyl adjacent to an activating group) is 1. The Hall–Kier alpha value is -0.580. The van der Waals surface area contributed by atoms with Crippen LogP contribution in [0.4, 0.5) is 0 Å². The maximum Gasteiger partial charge on any atom is 0.119 e. The van der Waals surface area contributed by atoms with Crippen LogP contribution in [-0.2, 0) is 11.2 Å². The molecule has 0 saturated heterocycles. The normalized spacial score (nSPS) is 13.2. The van der Waals surface area contributed by atoms with Crippen LogP contribution >= 0.6 is 15.9 Å². The van der Waals surface area contributed by atoms with E-state index in [4.69, 9.17) is 9.47 Å². The Morgan fingerprint density at radius 1 is 1.19 bits per heavy atom. The molecule has 1 atom stereocenters. The van der Waals surface area contributed by atoms with E-state index in [1.165, 1.54) is 5.56 Å². The second-order valence-electron chi connectivity index (χ2n) is 5.25. The highest BCUT2D eigenvalue weighted by atomic mass is 79.9. The maximum absolute atomic E-state index is 5.91. The second kappa shape index (κ2) is 8.76. The lowest BCUT2D eigenvalue weighted by Crippen LogP contribution is -2.52. The molecule has 0 aliphatic carbocycles. The Labute approximate surface area is 137 Å². The molecule has 21 heavy (non-hydrogen) atoms. The molecule has 0 radical (unpaired) electrons. The van der Waals surface area contributed by atoms with Crippen molar-refractivity contribution < 1.29 is 9.47 Å². The highest BCUT2D eigenvalue weighted by Gasteiger charge is 2.35. The van der Waals surface area contributed by atoms with Crippen molar-refractivity contribution in [2.75, 3.05) is 20.8 Å². The van der Waals surface area contributed by atoms with E-state index in [0.29, 0.717) is 0 Å². The minimum atomic E-state index is -0.140. The SMILES string of the molecule is CCNC(Cc1cc(OC)ccc1Br)C(CC)(CC)OC. The number of halogens is 1. The van der Waals surface area contributed by atoms with Crippen molar-refractivity contribution >= 4 is 15.9 Å². The number of hydrogen-bond acceptors (Lipinski definition) is 3. The first-order valence-corrected chi connectivity index (χ1v) is 8.47. The van der Waals surface area contributed by atoms with Gasteiger partial charge in [-0.2, -0.15) is 0 Å². The molecule has 0 spiro atoms. The Morgan fingerprint density at radius 2 is 1.86 bits per heavy atom. The van der Waals surface area contributed by atoms with Gasteiger partial charge in [-0.25, -0.2) is 0 Å². The summed E-state index contributed by atoms with van der Waals surface area (Å²) in [7, 11) is 3.52. The number of rotatable bonds is 9. The molecule has 1 unspecified atom stereocenters. The Kier molecular flexibility index (Phi) is 7.71. The number of hydrogen-bond donors (Lipinski definition) is 1. The van der Waals surface area contributed by atoms with Gasteiger partial charge in [0.25, 0.3) is 0 Å². The topological polar surface area (TPSA) is 30.5 Å². The second-order valence-corrected chi connectivity index (χ2v) is 6.10. The number of ether oxygens (including phenoxy) is 2. The van der Waals surface area contributed by atoms with Crippen molar-refractivity contribution in [1.29, 1.82) is 0 Å². The maximum atomic E-state index is 5.91. The molecule has 0 fully saturated rings. The van der Waals surface area contributed by atoms with E-state index >= 15 is 0 Å². The summed E-state index contributed by atoms with van der Waals surface area (Å²) in [6.45, 7) is 7.45. The summed E-state index contributed by atoms with van der Waals surface area (Å²) in [5, 5.41) is 3.60. The van der Waals surface area contributed by atoms with E-state index in [2.05, 4.69) is 48.1 Å². The number of benzene rings is 1. The smallest absolute Gasteiger partial charge is 0.119 e. The molecule has 1 N–H and O–H groups in total. The van der Waals surface area contributed by atoms with Crippen molar-refractivity contribution in [3.05, 3.63) is 28.2 Å². The van der Waals surface area contributed by atoms with E-state index in [9.17, 15) is 0 Å². The predicted molar refractivity (Wildman–Crippen MR) is 92.2 cm³/mol. The summed E-state index contributed by atoms with van der Waals surface area (Å²) >= 11 is 3.65. The third-order valence-corrected chi connectivity index (χ3v) is 5.14. The van der Waals surface area contributed by atoms with Crippen molar-refractivity contribution in [3.63, 3.8) is 0 Å². The van der Waals surface area contributed by atoms with Crippen molar-refractivity contribution in [3.8, 4) is 5.75 Å². The molecule has 4 heteroatoms. The summed E-state index contributed by atoms with van der Waals surface area (Å²) < 4.78 is 12.4. The molecule has 0 amide bonds. The molecule has 0 aliphatic heterocycles. The van der Waals surface area contributed by atoms with Crippen LogP contribution < -0.4 is 10.1 Å². The van der Waals surface area contributed by atoms with Gasteiger partial charge in [-0.15, -0.1) is 0 Å². The summed E-state index contributed by atoms with van der Waals surface area (Å²) in [6.07, 6.45) is 2.87. The lowest BCUT2D eigenvalue weighted by Gasteiger charge is -2.39. The molecule has 1 rings (SSSR count). The Morgan fingerprint density at radius 3 is 2.33 bits per heavy atom. The first kappa shape index (κ1) is 18.5. The van der Waals surface area contributed by atoms with Gasteiger partial charge in [0.2, 0.25) is 0 Å². The van der Waals surface area contributed by atoms with Crippen LogP contribution in [0, 0.1) is 0 Å². The molecule has 1 aromatic rings. The molecule has 0 heterocycles. The monoisotopic (exact) mass is 357 g/mol. The Bertz CT molecular complexity index is 425. The zero-order valence-corrected chi connectivity index (χ0v) is 15.4. The molecule has 0 bridgehead atoms. The summed E-state index contributed by atoms with van der Waals surface area (Å²) in [5.41, 5.74) is 1.10. The zero-order valence-electron chi connectivity index (χ0n) is 13.8. The van der Waals surface area contributed by atoms with Gasteiger partial charge in [-0.1, -0.05) is 36.7 Å². The number of nitrogens with one attached hydrogen (secondary N) is 1. The molecule has 0 aromatic heterocycles. The van der Waals surface area contributed by atoms with Crippen molar-refractivity contribution in [1.82, 2.24) is 5.32 Å². The van der Waals surface area contributed by atoms with Crippen LogP contribution in [-0.4, -0.2) is 32.4 Å². The van der Waals surface area contributed by atoms with Gasteiger partial charge in [-0.05, 0) is 49.6 Å². The van der Waals surface area contributed by atoms with Crippen LogP contribution in [0.5, 0.6) is 5.75 Å². The minimum absolute atomic E-state index is 0.140. The van der Waals surface area contributed by atoms with E-state index < -0.39 is 0 Å². The largest absolute Gasteiger partial charge is 0.497 e. The third kappa shape index (κ3) is 4.44. The van der Waals surface area contributed by atoms with Crippen LogP contribution in [0.15, 0.2) is 22.7 Å². The van der Waals surface area contributed by atoms with Crippen LogP contribution in [0.3, 0.4) is 0 Å². The zero-order chi connectivity index (χ0) is 15.9. The van der Waals surface area contributed by atoms with E-state index in [1.54, 1.807) is 7.11 Å². The quantitative estimate of drug-likeness (QED) is 0.718. The third-order valence-electron chi connectivity index (χ3n) is 4.37. The Balaban J connectivity index is 3.07. The lowest BCUT2D eigenvalue weighted by molar-refractivity contribution is -0.0469. The predicted octanol–water partition coefficient (Wildman–Crippen LogP) is 4.18. The highest BCUT2D eigenvalue weighted by Crippen LogP contribution is 2.30. The fourth-order valence-electron chi connectivity index (χ4n) is 2.92. The van der Waals surface area contributed by atoms with Crippen LogP contribution in [0.25, 0.3) is 0 Å². The average molecular weight is 358 g/mol. The van der Waals surface area contributed by atoms with E-state index in [1.807, 2.05) is 19.2 Å². The van der Waals surface area contributed by atoms with E-state index in [0.717, 1.165) is 36.0 Å². The van der Waals surface area contributed by atoms with Crippen LogP contribution in [0.1, 0.15) is 39.2 Å². The summed E-state index contributed by atoms with van der Waals surface area (Å²) in [5.74, 6) is 0.888. The molecule has 0 aliphatic rings. The van der Waals surface area contributed by atoms with Gasteiger partial charge in [0.15, 0.2) is 0 Å². The average Bonchev–Trinajstić information content (AvgIpc) is 2.51. The van der Waals surface area contributed by atoms with Crippen molar-refractivity contribution in [2.45, 2.75) is 51.7 Å². The van der Waals surface area contributed by atoms with Gasteiger partial charge >= 0.3 is 0 Å². The van der Waals surface area contributed by atoms with E-state index in [-0.39, 0.29) is 11.6 Å². The van der Waals surface area contributed by atoms with Gasteiger partial charge in [-0.3, -0.25) is 0 Å². The lowest BCUT2D eigenvalue weighted by atomic mass is 9.84.